The first-order valence-corrected chi connectivity index (χ1v) is 9.42. The number of rotatable bonds is 2. The second kappa shape index (κ2) is 6.50. The Morgan fingerprint density at radius 1 is 1.38 bits per heavy atom. The Bertz CT molecular complexity index is 892. The molecule has 2 bridgehead atoms. The summed E-state index contributed by atoms with van der Waals surface area (Å²) in [5.41, 5.74) is 2.33. The lowest BCUT2D eigenvalue weighted by atomic mass is 9.96. The van der Waals surface area contributed by atoms with Gasteiger partial charge in [-0.1, -0.05) is 18.5 Å². The molecular weight excluding hydrogens is 354 g/mol. The third kappa shape index (κ3) is 2.92. The van der Waals surface area contributed by atoms with Crippen molar-refractivity contribution in [3.63, 3.8) is 0 Å². The molecule has 3 saturated heterocycles. The number of anilines is 1. The Morgan fingerprint density at radius 2 is 2.19 bits per heavy atom. The molecule has 138 valence electrons. The smallest absolute Gasteiger partial charge is 0.321 e. The van der Waals surface area contributed by atoms with Gasteiger partial charge in [0.15, 0.2) is 5.58 Å². The van der Waals surface area contributed by atoms with E-state index in [1.807, 2.05) is 19.9 Å². The number of hydrogen-bond donors (Lipinski definition) is 2. The number of nitrogens with zero attached hydrogens (tertiary/aromatic N) is 1. The molecular formula is C19H22ClN3O3. The van der Waals surface area contributed by atoms with Crippen molar-refractivity contribution >= 4 is 40.2 Å². The van der Waals surface area contributed by atoms with Gasteiger partial charge in [0.05, 0.1) is 10.9 Å². The van der Waals surface area contributed by atoms with Gasteiger partial charge in [0.2, 0.25) is 5.91 Å². The van der Waals surface area contributed by atoms with Crippen molar-refractivity contribution in [2.45, 2.75) is 39.2 Å². The molecule has 7 heteroatoms. The second-order valence-corrected chi connectivity index (χ2v) is 7.56. The Kier molecular flexibility index (Phi) is 4.31. The van der Waals surface area contributed by atoms with E-state index in [1.54, 1.807) is 11.0 Å². The zero-order valence-corrected chi connectivity index (χ0v) is 15.7. The largest absolute Gasteiger partial charge is 0.459 e. The van der Waals surface area contributed by atoms with Gasteiger partial charge in [-0.25, -0.2) is 4.79 Å². The highest BCUT2D eigenvalue weighted by molar-refractivity contribution is 6.35. The minimum atomic E-state index is -0.203. The number of carbonyl (C=O) groups is 2. The van der Waals surface area contributed by atoms with Crippen LogP contribution in [0, 0.1) is 12.8 Å². The van der Waals surface area contributed by atoms with Crippen LogP contribution in [0.2, 0.25) is 5.02 Å². The fourth-order valence-electron chi connectivity index (χ4n) is 3.95. The number of fused-ring (bicyclic) bond motifs is 5. The first-order valence-electron chi connectivity index (χ1n) is 9.04. The first kappa shape index (κ1) is 17.2. The normalized spacial score (nSPS) is 22.4. The number of amides is 3. The van der Waals surface area contributed by atoms with Crippen LogP contribution in [0.5, 0.6) is 0 Å². The molecule has 0 spiro atoms. The van der Waals surface area contributed by atoms with E-state index in [9.17, 15) is 9.59 Å². The van der Waals surface area contributed by atoms with Crippen molar-refractivity contribution in [2.75, 3.05) is 18.4 Å². The molecule has 2 unspecified atom stereocenters. The van der Waals surface area contributed by atoms with Crippen molar-refractivity contribution in [1.29, 1.82) is 0 Å². The fourth-order valence-corrected chi connectivity index (χ4v) is 4.20. The average Bonchev–Trinajstić information content (AvgIpc) is 2.76. The summed E-state index contributed by atoms with van der Waals surface area (Å²) in [5.74, 6) is 0.843. The molecule has 26 heavy (non-hydrogen) atoms. The van der Waals surface area contributed by atoms with Gasteiger partial charge in [-0.15, -0.1) is 0 Å². The molecule has 3 amide bonds. The van der Waals surface area contributed by atoms with Gasteiger partial charge in [0.25, 0.3) is 0 Å². The number of nitrogens with one attached hydrogen (secondary N) is 2. The van der Waals surface area contributed by atoms with Crippen LogP contribution in [0.25, 0.3) is 11.0 Å². The summed E-state index contributed by atoms with van der Waals surface area (Å²) in [6.07, 6.45) is 2.55. The van der Waals surface area contributed by atoms with Crippen LogP contribution in [0.3, 0.4) is 0 Å². The quantitative estimate of drug-likeness (QED) is 0.840. The molecule has 1 aromatic carbocycles. The van der Waals surface area contributed by atoms with Gasteiger partial charge in [0.1, 0.15) is 5.76 Å². The average molecular weight is 376 g/mol. The maximum absolute atomic E-state index is 12.7. The van der Waals surface area contributed by atoms with Crippen LogP contribution < -0.4 is 10.6 Å². The molecule has 2 atom stereocenters. The summed E-state index contributed by atoms with van der Waals surface area (Å²) in [7, 11) is 0. The van der Waals surface area contributed by atoms with E-state index < -0.39 is 0 Å². The van der Waals surface area contributed by atoms with Gasteiger partial charge < -0.3 is 20.0 Å². The Morgan fingerprint density at radius 3 is 2.92 bits per heavy atom. The lowest BCUT2D eigenvalue weighted by Gasteiger charge is -2.23. The maximum atomic E-state index is 12.7. The van der Waals surface area contributed by atoms with Crippen molar-refractivity contribution in [2.24, 2.45) is 5.92 Å². The molecule has 2 aromatic rings. The molecule has 3 fully saturated rings. The molecule has 2 N–H and O–H groups in total. The maximum Gasteiger partial charge on any atom is 0.321 e. The highest BCUT2D eigenvalue weighted by Crippen LogP contribution is 2.34. The number of urea groups is 1. The van der Waals surface area contributed by atoms with Crippen LogP contribution >= 0.6 is 11.6 Å². The SMILES string of the molecule is CCc1oc2c(Cl)cc(NC(=O)N3CC4CCC(C3)C(=O)N4)cc2c1C. The standard InChI is InChI=1S/C19H22ClN3O3/c1-3-16-10(2)14-6-13(7-15(20)17(14)26-16)22-19(25)23-8-11-4-5-12(9-23)21-18(11)24/h6-7,11-12H,3-5,8-9H2,1-2H3,(H,21,24)(H,22,25). The lowest BCUT2D eigenvalue weighted by molar-refractivity contribution is -0.126. The summed E-state index contributed by atoms with van der Waals surface area (Å²) in [6, 6.07) is 3.44. The molecule has 3 aliphatic rings. The van der Waals surface area contributed by atoms with Gasteiger partial charge in [0, 0.05) is 36.6 Å². The Labute approximate surface area is 156 Å². The highest BCUT2D eigenvalue weighted by Gasteiger charge is 2.36. The Hall–Kier alpha value is -2.21. The number of hydrogen-bond acceptors (Lipinski definition) is 3. The number of benzene rings is 1. The predicted octanol–water partition coefficient (Wildman–Crippen LogP) is 3.70. The van der Waals surface area contributed by atoms with E-state index in [4.69, 9.17) is 16.0 Å². The molecule has 4 heterocycles. The summed E-state index contributed by atoms with van der Waals surface area (Å²) >= 11 is 6.36. The molecule has 5 rings (SSSR count). The molecule has 0 radical (unpaired) electrons. The van der Waals surface area contributed by atoms with Crippen LogP contribution in [0.15, 0.2) is 16.5 Å². The summed E-state index contributed by atoms with van der Waals surface area (Å²) in [6.45, 7) is 5.02. The summed E-state index contributed by atoms with van der Waals surface area (Å²) < 4.78 is 5.82. The number of halogens is 1. The van der Waals surface area contributed by atoms with Crippen molar-refractivity contribution in [3.05, 3.63) is 28.5 Å². The topological polar surface area (TPSA) is 74.6 Å². The summed E-state index contributed by atoms with van der Waals surface area (Å²) in [5, 5.41) is 7.31. The van der Waals surface area contributed by atoms with E-state index >= 15 is 0 Å². The molecule has 6 nitrogen and oxygen atoms in total. The zero-order valence-electron chi connectivity index (χ0n) is 14.9. The minimum absolute atomic E-state index is 0.0429. The van der Waals surface area contributed by atoms with Crippen LogP contribution in [-0.4, -0.2) is 36.0 Å². The van der Waals surface area contributed by atoms with Crippen LogP contribution in [-0.2, 0) is 11.2 Å². The van der Waals surface area contributed by atoms with Gasteiger partial charge in [-0.3, -0.25) is 4.79 Å². The first-order chi connectivity index (χ1) is 12.5. The number of aryl methyl sites for hydroxylation is 2. The fraction of sp³-hybridized carbons (Fsp3) is 0.474. The van der Waals surface area contributed by atoms with E-state index in [0.29, 0.717) is 29.4 Å². The molecule has 1 aromatic heterocycles. The lowest BCUT2D eigenvalue weighted by Crippen LogP contribution is -2.44. The third-order valence-electron chi connectivity index (χ3n) is 5.41. The Balaban J connectivity index is 1.58. The van der Waals surface area contributed by atoms with E-state index in [-0.39, 0.29) is 23.9 Å². The zero-order chi connectivity index (χ0) is 18.4. The third-order valence-corrected chi connectivity index (χ3v) is 5.69. The predicted molar refractivity (Wildman–Crippen MR) is 101 cm³/mol. The number of piperidine rings is 1. The van der Waals surface area contributed by atoms with Gasteiger partial charge in [-0.2, -0.15) is 0 Å². The molecule has 0 saturated carbocycles. The number of furan rings is 1. The van der Waals surface area contributed by atoms with Gasteiger partial charge >= 0.3 is 6.03 Å². The monoisotopic (exact) mass is 375 g/mol. The van der Waals surface area contributed by atoms with Gasteiger partial charge in [-0.05, 0) is 37.5 Å². The molecule has 0 aliphatic carbocycles. The molecule has 3 aliphatic heterocycles. The highest BCUT2D eigenvalue weighted by atomic mass is 35.5. The van der Waals surface area contributed by atoms with Crippen LogP contribution in [0.4, 0.5) is 10.5 Å². The minimum Gasteiger partial charge on any atom is -0.459 e. The van der Waals surface area contributed by atoms with Crippen molar-refractivity contribution < 1.29 is 14.0 Å². The van der Waals surface area contributed by atoms with Crippen molar-refractivity contribution in [1.82, 2.24) is 10.2 Å². The van der Waals surface area contributed by atoms with Crippen molar-refractivity contribution in [3.8, 4) is 0 Å². The summed E-state index contributed by atoms with van der Waals surface area (Å²) in [4.78, 5) is 26.4. The van der Waals surface area contributed by atoms with E-state index in [0.717, 1.165) is 36.0 Å². The second-order valence-electron chi connectivity index (χ2n) is 7.15. The number of carbonyl (C=O) groups excluding carboxylic acids is 2. The van der Waals surface area contributed by atoms with Crippen LogP contribution in [0.1, 0.15) is 31.1 Å². The van der Waals surface area contributed by atoms with E-state index in [2.05, 4.69) is 10.6 Å². The van der Waals surface area contributed by atoms with E-state index in [1.165, 1.54) is 0 Å².